The molecule has 0 aromatic heterocycles. The third-order valence-corrected chi connectivity index (χ3v) is 4.98. The third kappa shape index (κ3) is 4.47. The van der Waals surface area contributed by atoms with Crippen LogP contribution in [0.2, 0.25) is 0 Å². The summed E-state index contributed by atoms with van der Waals surface area (Å²) in [5.41, 5.74) is -0.267. The van der Waals surface area contributed by atoms with Gasteiger partial charge in [-0.25, -0.2) is 4.79 Å². The number of rotatable bonds is 7. The molecule has 1 atom stereocenters. The highest BCUT2D eigenvalue weighted by atomic mass is 28.2. The molecule has 0 bridgehead atoms. The van der Waals surface area contributed by atoms with Gasteiger partial charge in [0.25, 0.3) is 0 Å². The molecule has 4 nitrogen and oxygen atoms in total. The fourth-order valence-electron chi connectivity index (χ4n) is 1.45. The van der Waals surface area contributed by atoms with Gasteiger partial charge in [-0.1, -0.05) is 13.5 Å². The molecule has 16 heavy (non-hydrogen) atoms. The highest BCUT2D eigenvalue weighted by Gasteiger charge is 2.31. The molecule has 0 aliphatic rings. The molecule has 0 amide bonds. The summed E-state index contributed by atoms with van der Waals surface area (Å²) in [7, 11) is 2.38. The first-order valence-corrected chi connectivity index (χ1v) is 6.90. The molecule has 0 aliphatic carbocycles. The molecular formula is C11H22O4Si. The summed E-state index contributed by atoms with van der Waals surface area (Å²) in [6.07, 6.45) is 0.751. The van der Waals surface area contributed by atoms with E-state index >= 15 is 0 Å². The Balaban J connectivity index is 4.36. The summed E-state index contributed by atoms with van der Waals surface area (Å²) < 4.78 is 16.0. The van der Waals surface area contributed by atoms with Crippen LogP contribution in [0.15, 0.2) is 12.2 Å². The van der Waals surface area contributed by atoms with Crippen LogP contribution < -0.4 is 0 Å². The minimum absolute atomic E-state index is 0.135. The molecular weight excluding hydrogens is 224 g/mol. The summed E-state index contributed by atoms with van der Waals surface area (Å²) in [6, 6.07) is 0. The van der Waals surface area contributed by atoms with Crippen molar-refractivity contribution in [1.82, 2.24) is 0 Å². The predicted octanol–water partition coefficient (Wildman–Crippen LogP) is 0.977. The molecule has 0 heterocycles. The minimum Gasteiger partial charge on any atom is -0.464 e. The van der Waals surface area contributed by atoms with Crippen LogP contribution in [-0.2, 0) is 19.0 Å². The zero-order valence-corrected chi connectivity index (χ0v) is 12.2. The van der Waals surface area contributed by atoms with Crippen molar-refractivity contribution in [2.75, 3.05) is 14.2 Å². The van der Waals surface area contributed by atoms with Crippen molar-refractivity contribution in [2.24, 2.45) is 0 Å². The average molecular weight is 246 g/mol. The Morgan fingerprint density at radius 3 is 2.25 bits per heavy atom. The molecule has 0 saturated carbocycles. The van der Waals surface area contributed by atoms with Crippen molar-refractivity contribution < 1.29 is 19.0 Å². The van der Waals surface area contributed by atoms with Gasteiger partial charge in [0.15, 0.2) is 0 Å². The fourth-order valence-corrected chi connectivity index (χ4v) is 3.18. The molecule has 0 fully saturated rings. The molecule has 0 N–H and O–H groups in total. The topological polar surface area (TPSA) is 44.8 Å². The SMILES string of the molecule is C=C(C)C(=O)OC(C)[SiH2]C(CC)(OC)OC. The van der Waals surface area contributed by atoms with Gasteiger partial charge in [0.1, 0.15) is 14.9 Å². The molecule has 0 aromatic carbocycles. The van der Waals surface area contributed by atoms with Crippen LogP contribution in [0.5, 0.6) is 0 Å². The average Bonchev–Trinajstić information content (AvgIpc) is 2.26. The lowest BCUT2D eigenvalue weighted by Gasteiger charge is -2.31. The Hall–Kier alpha value is -0.653. The van der Waals surface area contributed by atoms with Crippen LogP contribution in [0.3, 0.4) is 0 Å². The van der Waals surface area contributed by atoms with Crippen LogP contribution in [0.25, 0.3) is 0 Å². The molecule has 0 saturated heterocycles. The normalized spacial score (nSPS) is 14.1. The fraction of sp³-hybridized carbons (Fsp3) is 0.727. The Kier molecular flexibility index (Phi) is 6.55. The van der Waals surface area contributed by atoms with Gasteiger partial charge >= 0.3 is 5.97 Å². The van der Waals surface area contributed by atoms with Crippen molar-refractivity contribution in [3.05, 3.63) is 12.2 Å². The molecule has 0 radical (unpaired) electrons. The summed E-state index contributed by atoms with van der Waals surface area (Å²) in [4.78, 5) is 11.3. The minimum atomic E-state index is -0.861. The van der Waals surface area contributed by atoms with E-state index in [9.17, 15) is 4.79 Å². The van der Waals surface area contributed by atoms with Crippen molar-refractivity contribution in [2.45, 2.75) is 38.3 Å². The lowest BCUT2D eigenvalue weighted by molar-refractivity contribution is -0.152. The largest absolute Gasteiger partial charge is 0.464 e. The second-order valence-electron chi connectivity index (χ2n) is 3.87. The van der Waals surface area contributed by atoms with E-state index in [2.05, 4.69) is 6.58 Å². The highest BCUT2D eigenvalue weighted by molar-refractivity contribution is 6.40. The van der Waals surface area contributed by atoms with Gasteiger partial charge in [-0.2, -0.15) is 0 Å². The molecule has 1 unspecified atom stereocenters. The molecule has 0 aliphatic heterocycles. The first kappa shape index (κ1) is 15.3. The van der Waals surface area contributed by atoms with E-state index in [1.54, 1.807) is 21.1 Å². The Morgan fingerprint density at radius 2 is 1.94 bits per heavy atom. The van der Waals surface area contributed by atoms with E-state index in [0.29, 0.717) is 5.57 Å². The molecule has 5 heteroatoms. The zero-order chi connectivity index (χ0) is 12.8. The predicted molar refractivity (Wildman–Crippen MR) is 66.0 cm³/mol. The second kappa shape index (κ2) is 6.83. The summed E-state index contributed by atoms with van der Waals surface area (Å²) >= 11 is 0. The van der Waals surface area contributed by atoms with Gasteiger partial charge in [0, 0.05) is 19.8 Å². The van der Waals surface area contributed by atoms with E-state index in [4.69, 9.17) is 14.2 Å². The number of carbonyl (C=O) groups is 1. The van der Waals surface area contributed by atoms with Crippen LogP contribution >= 0.6 is 0 Å². The van der Waals surface area contributed by atoms with Crippen molar-refractivity contribution in [1.29, 1.82) is 0 Å². The van der Waals surface area contributed by atoms with E-state index in [-0.39, 0.29) is 11.7 Å². The third-order valence-electron chi connectivity index (χ3n) is 2.54. The molecule has 0 spiro atoms. The molecule has 0 aromatic rings. The maximum absolute atomic E-state index is 11.3. The van der Waals surface area contributed by atoms with Crippen LogP contribution in [0, 0.1) is 0 Å². The summed E-state index contributed by atoms with van der Waals surface area (Å²) in [5, 5.41) is 0. The van der Waals surface area contributed by atoms with Crippen LogP contribution in [0.4, 0.5) is 0 Å². The number of esters is 1. The van der Waals surface area contributed by atoms with Gasteiger partial charge in [-0.05, 0) is 20.3 Å². The van der Waals surface area contributed by atoms with Crippen LogP contribution in [0.1, 0.15) is 27.2 Å². The van der Waals surface area contributed by atoms with Crippen LogP contribution in [-0.4, -0.2) is 40.8 Å². The standard InChI is InChI=1S/C11H22O4Si/c1-7-11(13-5,14-6)16-9(4)15-10(12)8(2)3/h9H,2,7,16H2,1,3-6H3. The smallest absolute Gasteiger partial charge is 0.333 e. The van der Waals surface area contributed by atoms with Crippen molar-refractivity contribution >= 4 is 15.5 Å². The van der Waals surface area contributed by atoms with Gasteiger partial charge in [0.2, 0.25) is 0 Å². The van der Waals surface area contributed by atoms with E-state index < -0.39 is 14.9 Å². The molecule has 94 valence electrons. The second-order valence-corrected chi connectivity index (χ2v) is 6.51. The lowest BCUT2D eigenvalue weighted by Crippen LogP contribution is -2.46. The Bertz CT molecular complexity index is 240. The lowest BCUT2D eigenvalue weighted by atomic mass is 10.4. The van der Waals surface area contributed by atoms with E-state index in [1.807, 2.05) is 13.8 Å². The quantitative estimate of drug-likeness (QED) is 0.291. The monoisotopic (exact) mass is 246 g/mol. The number of hydrogen-bond acceptors (Lipinski definition) is 4. The Labute approximate surface area is 99.8 Å². The van der Waals surface area contributed by atoms with E-state index in [0.717, 1.165) is 6.42 Å². The molecule has 0 rings (SSSR count). The van der Waals surface area contributed by atoms with Gasteiger partial charge in [0.05, 0.1) is 5.73 Å². The van der Waals surface area contributed by atoms with Gasteiger partial charge < -0.3 is 14.2 Å². The first-order valence-electron chi connectivity index (χ1n) is 5.37. The van der Waals surface area contributed by atoms with Crippen molar-refractivity contribution in [3.63, 3.8) is 0 Å². The number of carbonyl (C=O) groups excluding carboxylic acids is 1. The highest BCUT2D eigenvalue weighted by Crippen LogP contribution is 2.16. The summed E-state index contributed by atoms with van der Waals surface area (Å²) in [5.74, 6) is -0.350. The van der Waals surface area contributed by atoms with E-state index in [1.165, 1.54) is 0 Å². The number of methoxy groups -OCH3 is 2. The first-order chi connectivity index (χ1) is 7.40. The maximum atomic E-state index is 11.3. The van der Waals surface area contributed by atoms with Gasteiger partial charge in [-0.3, -0.25) is 0 Å². The summed E-state index contributed by atoms with van der Waals surface area (Å²) in [6.45, 7) is 9.04. The zero-order valence-electron chi connectivity index (χ0n) is 10.8. The number of ether oxygens (including phenoxy) is 3. The Morgan fingerprint density at radius 1 is 1.44 bits per heavy atom. The van der Waals surface area contributed by atoms with Gasteiger partial charge in [-0.15, -0.1) is 0 Å². The number of hydrogen-bond donors (Lipinski definition) is 0. The van der Waals surface area contributed by atoms with Crippen molar-refractivity contribution in [3.8, 4) is 0 Å². The maximum Gasteiger partial charge on any atom is 0.333 e.